The normalized spacial score (nSPS) is 18.1. The molecule has 22 heavy (non-hydrogen) atoms. The Bertz CT molecular complexity index is 293. The molecule has 0 N–H and O–H groups in total. The number of alkyl halides is 1. The van der Waals surface area contributed by atoms with E-state index in [1.807, 2.05) is 4.90 Å². The SMILES string of the molecule is COCCOCCOCCOCCC(=O)N1CCCC1CI. The molecular weight excluding hydrogens is 401 g/mol. The van der Waals surface area contributed by atoms with Gasteiger partial charge in [-0.2, -0.15) is 0 Å². The summed E-state index contributed by atoms with van der Waals surface area (Å²) in [6.07, 6.45) is 2.73. The molecule has 7 heteroatoms. The number of nitrogens with zero attached hydrogens (tertiary/aromatic N) is 1. The van der Waals surface area contributed by atoms with E-state index in [0.29, 0.717) is 58.7 Å². The van der Waals surface area contributed by atoms with Crippen LogP contribution in [0.25, 0.3) is 0 Å². The molecule has 0 aromatic heterocycles. The highest BCUT2D eigenvalue weighted by Gasteiger charge is 2.27. The van der Waals surface area contributed by atoms with E-state index < -0.39 is 0 Å². The second kappa shape index (κ2) is 13.5. The van der Waals surface area contributed by atoms with Crippen molar-refractivity contribution in [2.24, 2.45) is 0 Å². The van der Waals surface area contributed by atoms with Crippen LogP contribution in [0.4, 0.5) is 0 Å². The molecule has 0 bridgehead atoms. The summed E-state index contributed by atoms with van der Waals surface area (Å²) in [6, 6.07) is 0.426. The Hall–Kier alpha value is 0.0400. The van der Waals surface area contributed by atoms with Gasteiger partial charge in [-0.15, -0.1) is 0 Å². The van der Waals surface area contributed by atoms with Gasteiger partial charge in [-0.05, 0) is 12.8 Å². The summed E-state index contributed by atoms with van der Waals surface area (Å²) in [4.78, 5) is 14.1. The smallest absolute Gasteiger partial charge is 0.225 e. The minimum atomic E-state index is 0.214. The summed E-state index contributed by atoms with van der Waals surface area (Å²) in [5.41, 5.74) is 0. The second-order valence-corrected chi connectivity index (χ2v) is 6.00. The van der Waals surface area contributed by atoms with Crippen molar-refractivity contribution in [1.29, 1.82) is 0 Å². The first kappa shape index (κ1) is 20.1. The van der Waals surface area contributed by atoms with Crippen LogP contribution in [-0.4, -0.2) is 81.2 Å². The number of hydrogen-bond acceptors (Lipinski definition) is 5. The van der Waals surface area contributed by atoms with Crippen molar-refractivity contribution in [2.45, 2.75) is 25.3 Å². The van der Waals surface area contributed by atoms with E-state index in [4.69, 9.17) is 18.9 Å². The summed E-state index contributed by atoms with van der Waals surface area (Å²) < 4.78 is 22.0. The molecule has 1 heterocycles. The summed E-state index contributed by atoms with van der Waals surface area (Å²) in [5.74, 6) is 0.214. The number of ether oxygens (including phenoxy) is 4. The first-order valence-electron chi connectivity index (χ1n) is 7.87. The topological polar surface area (TPSA) is 57.2 Å². The third kappa shape index (κ3) is 8.61. The minimum absolute atomic E-state index is 0.214. The fourth-order valence-electron chi connectivity index (χ4n) is 2.31. The lowest BCUT2D eigenvalue weighted by molar-refractivity contribution is -0.132. The number of carbonyl (C=O) groups is 1. The first-order valence-corrected chi connectivity index (χ1v) is 9.39. The standard InChI is InChI=1S/C15H28INO5/c1-19-7-8-21-11-12-22-10-9-20-6-4-15(18)17-5-2-3-14(17)13-16/h14H,2-13H2,1H3. The number of rotatable bonds is 13. The number of carbonyl (C=O) groups excluding carboxylic acids is 1. The van der Waals surface area contributed by atoms with Gasteiger partial charge in [-0.25, -0.2) is 0 Å². The lowest BCUT2D eigenvalue weighted by atomic mass is 10.2. The molecule has 1 aliphatic rings. The maximum absolute atomic E-state index is 12.1. The Kier molecular flexibility index (Phi) is 12.3. The zero-order chi connectivity index (χ0) is 16.0. The van der Waals surface area contributed by atoms with E-state index in [9.17, 15) is 4.79 Å². The Morgan fingerprint density at radius 3 is 2.23 bits per heavy atom. The predicted octanol–water partition coefficient (Wildman–Crippen LogP) is 1.50. The molecule has 0 aromatic carbocycles. The van der Waals surface area contributed by atoms with Crippen molar-refractivity contribution >= 4 is 28.5 Å². The molecule has 1 fully saturated rings. The van der Waals surface area contributed by atoms with Crippen molar-refractivity contribution in [1.82, 2.24) is 4.90 Å². The second-order valence-electron chi connectivity index (χ2n) is 5.12. The predicted molar refractivity (Wildman–Crippen MR) is 92.6 cm³/mol. The van der Waals surface area contributed by atoms with Gasteiger partial charge in [0.2, 0.25) is 5.91 Å². The van der Waals surface area contributed by atoms with Gasteiger partial charge in [0.05, 0.1) is 52.7 Å². The van der Waals surface area contributed by atoms with Crippen molar-refractivity contribution in [3.05, 3.63) is 0 Å². The molecule has 130 valence electrons. The van der Waals surface area contributed by atoms with Gasteiger partial charge in [0.1, 0.15) is 0 Å². The van der Waals surface area contributed by atoms with Crippen LogP contribution in [0.5, 0.6) is 0 Å². The summed E-state index contributed by atoms with van der Waals surface area (Å²) in [6.45, 7) is 4.73. The summed E-state index contributed by atoms with van der Waals surface area (Å²) in [7, 11) is 1.65. The van der Waals surface area contributed by atoms with Crippen LogP contribution >= 0.6 is 22.6 Å². The molecule has 1 saturated heterocycles. The van der Waals surface area contributed by atoms with Gasteiger partial charge >= 0.3 is 0 Å². The Labute approximate surface area is 146 Å². The molecule has 1 aliphatic heterocycles. The number of amides is 1. The van der Waals surface area contributed by atoms with Crippen molar-refractivity contribution in [3.63, 3.8) is 0 Å². The first-order chi connectivity index (χ1) is 10.8. The Morgan fingerprint density at radius 2 is 1.64 bits per heavy atom. The van der Waals surface area contributed by atoms with E-state index in [2.05, 4.69) is 22.6 Å². The van der Waals surface area contributed by atoms with Crippen LogP contribution in [0.1, 0.15) is 19.3 Å². The van der Waals surface area contributed by atoms with Gasteiger partial charge < -0.3 is 23.8 Å². The lowest BCUT2D eigenvalue weighted by Gasteiger charge is -2.23. The summed E-state index contributed by atoms with van der Waals surface area (Å²) in [5, 5.41) is 0. The van der Waals surface area contributed by atoms with Gasteiger partial charge in [0, 0.05) is 24.1 Å². The van der Waals surface area contributed by atoms with Crippen molar-refractivity contribution in [2.75, 3.05) is 64.3 Å². The van der Waals surface area contributed by atoms with Gasteiger partial charge in [0.15, 0.2) is 0 Å². The molecule has 6 nitrogen and oxygen atoms in total. The van der Waals surface area contributed by atoms with E-state index in [-0.39, 0.29) is 5.91 Å². The van der Waals surface area contributed by atoms with E-state index in [1.54, 1.807) is 7.11 Å². The van der Waals surface area contributed by atoms with Gasteiger partial charge in [-0.3, -0.25) is 4.79 Å². The maximum atomic E-state index is 12.1. The average Bonchev–Trinajstić information content (AvgIpc) is 3.01. The van der Waals surface area contributed by atoms with E-state index >= 15 is 0 Å². The zero-order valence-electron chi connectivity index (χ0n) is 13.4. The molecule has 1 rings (SSSR count). The van der Waals surface area contributed by atoms with E-state index in [1.165, 1.54) is 0 Å². The number of methoxy groups -OCH3 is 1. The third-order valence-corrected chi connectivity index (χ3v) is 4.53. The van der Waals surface area contributed by atoms with Crippen LogP contribution < -0.4 is 0 Å². The van der Waals surface area contributed by atoms with Crippen LogP contribution in [-0.2, 0) is 23.7 Å². The highest BCUT2D eigenvalue weighted by Crippen LogP contribution is 2.19. The van der Waals surface area contributed by atoms with Crippen LogP contribution in [0.3, 0.4) is 0 Å². The minimum Gasteiger partial charge on any atom is -0.382 e. The van der Waals surface area contributed by atoms with Gasteiger partial charge in [-0.1, -0.05) is 22.6 Å². The van der Waals surface area contributed by atoms with Gasteiger partial charge in [0.25, 0.3) is 0 Å². The highest BCUT2D eigenvalue weighted by molar-refractivity contribution is 14.1. The van der Waals surface area contributed by atoms with Crippen molar-refractivity contribution < 1.29 is 23.7 Å². The Morgan fingerprint density at radius 1 is 1.05 bits per heavy atom. The molecule has 1 atom stereocenters. The average molecular weight is 429 g/mol. The fourth-order valence-corrected chi connectivity index (χ4v) is 3.23. The third-order valence-electron chi connectivity index (χ3n) is 3.51. The monoisotopic (exact) mass is 429 g/mol. The number of likely N-dealkylation sites (tertiary alicyclic amines) is 1. The molecule has 1 amide bonds. The largest absolute Gasteiger partial charge is 0.382 e. The molecule has 1 unspecified atom stereocenters. The lowest BCUT2D eigenvalue weighted by Crippen LogP contribution is -2.36. The molecule has 0 aromatic rings. The number of hydrogen-bond donors (Lipinski definition) is 0. The number of halogens is 1. The van der Waals surface area contributed by atoms with Crippen LogP contribution in [0, 0.1) is 0 Å². The fraction of sp³-hybridized carbons (Fsp3) is 0.933. The van der Waals surface area contributed by atoms with Crippen LogP contribution in [0.2, 0.25) is 0 Å². The molecule has 0 aliphatic carbocycles. The Balaban J connectivity index is 1.88. The van der Waals surface area contributed by atoms with E-state index in [0.717, 1.165) is 23.8 Å². The molecule has 0 saturated carbocycles. The van der Waals surface area contributed by atoms with Crippen LogP contribution in [0.15, 0.2) is 0 Å². The molecular formula is C15H28INO5. The highest BCUT2D eigenvalue weighted by atomic mass is 127. The molecule has 0 spiro atoms. The zero-order valence-corrected chi connectivity index (χ0v) is 15.6. The summed E-state index contributed by atoms with van der Waals surface area (Å²) >= 11 is 2.35. The maximum Gasteiger partial charge on any atom is 0.225 e. The quantitative estimate of drug-likeness (QED) is 0.252. The van der Waals surface area contributed by atoms with Crippen molar-refractivity contribution in [3.8, 4) is 0 Å². The molecule has 0 radical (unpaired) electrons.